The number of phosphoric acid groups is 1. The Hall–Kier alpha value is -2.56. The zero-order chi connectivity index (χ0) is 40.7. The molecule has 55 heavy (non-hydrogen) atoms. The number of aliphatic hydroxyl groups excluding tert-OH is 1. The molecule has 3 atom stereocenters. The van der Waals surface area contributed by atoms with Crippen molar-refractivity contribution >= 4 is 25.7 Å². The van der Waals surface area contributed by atoms with Gasteiger partial charge in [0.15, 0.2) is 6.04 Å². The molecule has 0 saturated carbocycles. The highest BCUT2D eigenvalue weighted by atomic mass is 31.2. The molecule has 0 bridgehead atoms. The average Bonchev–Trinajstić information content (AvgIpc) is 3.16. The van der Waals surface area contributed by atoms with Crippen molar-refractivity contribution in [1.29, 1.82) is 0 Å². The predicted molar refractivity (Wildman–Crippen MR) is 222 cm³/mol. The van der Waals surface area contributed by atoms with Gasteiger partial charge in [-0.3, -0.25) is 18.6 Å². The van der Waals surface area contributed by atoms with Crippen molar-refractivity contribution in [3.05, 3.63) is 48.6 Å². The molecule has 0 spiro atoms. The van der Waals surface area contributed by atoms with Crippen LogP contribution >= 0.6 is 7.82 Å². The number of carboxylic acids is 1. The van der Waals surface area contributed by atoms with Gasteiger partial charge in [0, 0.05) is 12.8 Å². The zero-order valence-corrected chi connectivity index (χ0v) is 35.1. The lowest BCUT2D eigenvalue weighted by Crippen LogP contribution is -2.43. The summed E-state index contributed by atoms with van der Waals surface area (Å²) >= 11 is 0. The standard InChI is InChI=1S/C43H76NO10P/c1-3-5-7-9-11-13-15-17-19-21-22-24-26-28-30-32-34-41(46)44-40(43(48)49)38-54-55(50,51)53-37-39(45)36-52-42(47)35-33-31-29-27-25-23-20-18-16-14-12-10-8-6-4-2/h6,8,12,14,18,20,25,27,39-40,45H,3-5,7,9-11,13,15-17,19,21-24,26,28-38H2,1-2H3,(H,44,46)(H,48,49)(H,50,51)/b8-6-,14-12-,20-18-,27-25-. The molecule has 0 aliphatic heterocycles. The summed E-state index contributed by atoms with van der Waals surface area (Å²) < 4.78 is 26.8. The maximum atomic E-state index is 12.3. The Kier molecular flexibility index (Phi) is 36.5. The van der Waals surface area contributed by atoms with Crippen molar-refractivity contribution in [1.82, 2.24) is 5.32 Å². The van der Waals surface area contributed by atoms with Gasteiger partial charge in [-0.2, -0.15) is 0 Å². The van der Waals surface area contributed by atoms with Crippen LogP contribution in [0, 0.1) is 0 Å². The largest absolute Gasteiger partial charge is 0.480 e. The van der Waals surface area contributed by atoms with E-state index in [1.54, 1.807) is 0 Å². The number of hydrogen-bond donors (Lipinski definition) is 4. The highest BCUT2D eigenvalue weighted by molar-refractivity contribution is 7.47. The van der Waals surface area contributed by atoms with Gasteiger partial charge in [0.25, 0.3) is 0 Å². The lowest BCUT2D eigenvalue weighted by Gasteiger charge is -2.18. The molecule has 0 heterocycles. The smallest absolute Gasteiger partial charge is 0.472 e. The van der Waals surface area contributed by atoms with Crippen LogP contribution in [0.25, 0.3) is 0 Å². The molecule has 318 valence electrons. The molecule has 0 aromatic rings. The highest BCUT2D eigenvalue weighted by Crippen LogP contribution is 2.43. The number of allylic oxidation sites excluding steroid dienone is 8. The highest BCUT2D eigenvalue weighted by Gasteiger charge is 2.28. The Morgan fingerprint density at radius 3 is 1.56 bits per heavy atom. The normalized spacial score (nSPS) is 14.3. The van der Waals surface area contributed by atoms with Crippen molar-refractivity contribution in [3.63, 3.8) is 0 Å². The number of aliphatic carboxylic acids is 1. The van der Waals surface area contributed by atoms with Crippen LogP contribution in [-0.2, 0) is 32.7 Å². The van der Waals surface area contributed by atoms with Crippen LogP contribution in [-0.4, -0.2) is 64.9 Å². The number of carbonyl (C=O) groups is 3. The third-order valence-electron chi connectivity index (χ3n) is 8.88. The van der Waals surface area contributed by atoms with E-state index in [-0.39, 0.29) is 12.8 Å². The van der Waals surface area contributed by atoms with E-state index in [4.69, 9.17) is 13.8 Å². The Labute approximate surface area is 333 Å². The number of rotatable bonds is 39. The molecule has 0 rings (SSSR count). The Morgan fingerprint density at radius 1 is 0.600 bits per heavy atom. The first-order valence-electron chi connectivity index (χ1n) is 21.2. The third-order valence-corrected chi connectivity index (χ3v) is 9.83. The summed E-state index contributed by atoms with van der Waals surface area (Å²) in [7, 11) is -4.76. The quantitative estimate of drug-likeness (QED) is 0.0203. The lowest BCUT2D eigenvalue weighted by molar-refractivity contribution is -0.147. The molecule has 1 amide bonds. The minimum atomic E-state index is -4.76. The van der Waals surface area contributed by atoms with Crippen LogP contribution in [0.15, 0.2) is 48.6 Å². The summed E-state index contributed by atoms with van der Waals surface area (Å²) in [6.45, 7) is 2.43. The molecule has 0 aliphatic carbocycles. The minimum Gasteiger partial charge on any atom is -0.480 e. The minimum absolute atomic E-state index is 0.145. The lowest BCUT2D eigenvalue weighted by atomic mass is 10.0. The fraction of sp³-hybridized carbons (Fsp3) is 0.744. The molecular formula is C43H76NO10P. The zero-order valence-electron chi connectivity index (χ0n) is 34.2. The van der Waals surface area contributed by atoms with Gasteiger partial charge in [-0.25, -0.2) is 9.36 Å². The maximum Gasteiger partial charge on any atom is 0.472 e. The summed E-state index contributed by atoms with van der Waals surface area (Å²) in [5, 5.41) is 21.8. The molecule has 0 aliphatic rings. The monoisotopic (exact) mass is 798 g/mol. The van der Waals surface area contributed by atoms with Gasteiger partial charge in [0.05, 0.1) is 13.2 Å². The van der Waals surface area contributed by atoms with Gasteiger partial charge in [-0.15, -0.1) is 0 Å². The first kappa shape index (κ1) is 52.4. The number of aliphatic hydroxyl groups is 1. The van der Waals surface area contributed by atoms with Gasteiger partial charge < -0.3 is 25.2 Å². The van der Waals surface area contributed by atoms with Crippen molar-refractivity contribution < 1.29 is 47.8 Å². The molecule has 11 nitrogen and oxygen atoms in total. The van der Waals surface area contributed by atoms with Crippen molar-refractivity contribution in [2.75, 3.05) is 19.8 Å². The first-order chi connectivity index (χ1) is 26.6. The van der Waals surface area contributed by atoms with Gasteiger partial charge >= 0.3 is 19.8 Å². The van der Waals surface area contributed by atoms with E-state index >= 15 is 0 Å². The molecule has 0 aromatic heterocycles. The number of ether oxygens (including phenoxy) is 1. The topological polar surface area (TPSA) is 169 Å². The molecule has 0 aromatic carbocycles. The summed E-state index contributed by atoms with van der Waals surface area (Å²) in [6, 6.07) is -1.55. The molecule has 4 N–H and O–H groups in total. The number of carboxylic acid groups (broad SMARTS) is 1. The summed E-state index contributed by atoms with van der Waals surface area (Å²) in [5.41, 5.74) is 0. The summed E-state index contributed by atoms with van der Waals surface area (Å²) in [5.74, 6) is -2.42. The van der Waals surface area contributed by atoms with Crippen molar-refractivity contribution in [2.45, 2.75) is 187 Å². The Balaban J connectivity index is 3.96. The predicted octanol–water partition coefficient (Wildman–Crippen LogP) is 10.6. The van der Waals surface area contributed by atoms with E-state index in [2.05, 4.69) is 67.8 Å². The fourth-order valence-electron chi connectivity index (χ4n) is 5.60. The van der Waals surface area contributed by atoms with E-state index in [1.165, 1.54) is 77.0 Å². The Morgan fingerprint density at radius 2 is 1.05 bits per heavy atom. The number of esters is 1. The molecule has 0 radical (unpaired) electrons. The number of amides is 1. The maximum absolute atomic E-state index is 12.3. The number of unbranched alkanes of at least 4 members (excludes halogenated alkanes) is 17. The van der Waals surface area contributed by atoms with Crippen LogP contribution in [0.2, 0.25) is 0 Å². The van der Waals surface area contributed by atoms with Crippen LogP contribution in [0.1, 0.15) is 174 Å². The van der Waals surface area contributed by atoms with Crippen LogP contribution in [0.5, 0.6) is 0 Å². The Bertz CT molecular complexity index is 1120. The molecular weight excluding hydrogens is 721 g/mol. The van der Waals surface area contributed by atoms with Crippen molar-refractivity contribution in [3.8, 4) is 0 Å². The van der Waals surface area contributed by atoms with E-state index in [1.807, 2.05) is 0 Å². The number of carbonyl (C=O) groups excluding carboxylic acids is 2. The molecule has 0 saturated heterocycles. The SMILES string of the molecule is CC/C=C\C/C=C\C/C=C\C/C=C\CCCCC(=O)OCC(O)COP(=O)(O)OCC(NC(=O)CCCCCCCCCCCCCCCCCC)C(=O)O. The second kappa shape index (κ2) is 38.3. The van der Waals surface area contributed by atoms with E-state index in [0.29, 0.717) is 12.8 Å². The first-order valence-corrected chi connectivity index (χ1v) is 22.7. The third kappa shape index (κ3) is 38.1. The van der Waals surface area contributed by atoms with E-state index in [0.717, 1.165) is 57.8 Å². The van der Waals surface area contributed by atoms with Gasteiger partial charge in [-0.05, 0) is 51.4 Å². The van der Waals surface area contributed by atoms with Crippen molar-refractivity contribution in [2.24, 2.45) is 0 Å². The van der Waals surface area contributed by atoms with E-state index in [9.17, 15) is 34.1 Å². The van der Waals surface area contributed by atoms with Gasteiger partial charge in [0.2, 0.25) is 5.91 Å². The molecule has 3 unspecified atom stereocenters. The average molecular weight is 798 g/mol. The number of nitrogens with one attached hydrogen (secondary N) is 1. The summed E-state index contributed by atoms with van der Waals surface area (Å²) in [6.07, 6.45) is 41.4. The van der Waals surface area contributed by atoms with E-state index < -0.39 is 57.6 Å². The number of phosphoric ester groups is 1. The second-order valence-electron chi connectivity index (χ2n) is 14.2. The van der Waals surface area contributed by atoms with Crippen LogP contribution in [0.3, 0.4) is 0 Å². The summed E-state index contributed by atoms with van der Waals surface area (Å²) in [4.78, 5) is 45.8. The number of hydrogen-bond acceptors (Lipinski definition) is 8. The molecule has 0 fully saturated rings. The van der Waals surface area contributed by atoms with Crippen LogP contribution in [0.4, 0.5) is 0 Å². The fourth-order valence-corrected chi connectivity index (χ4v) is 6.37. The molecule has 12 heteroatoms. The second-order valence-corrected chi connectivity index (χ2v) is 15.6. The van der Waals surface area contributed by atoms with Crippen LogP contribution < -0.4 is 5.32 Å². The van der Waals surface area contributed by atoms with Gasteiger partial charge in [-0.1, -0.05) is 159 Å². The van der Waals surface area contributed by atoms with Gasteiger partial charge in [0.1, 0.15) is 12.7 Å².